The van der Waals surface area contributed by atoms with Crippen LogP contribution in [0.25, 0.3) is 10.9 Å². The number of pyridine rings is 1. The van der Waals surface area contributed by atoms with E-state index in [9.17, 15) is 4.79 Å². The van der Waals surface area contributed by atoms with Gasteiger partial charge in [-0.05, 0) is 30.3 Å². The minimum Gasteiger partial charge on any atom is -0.487 e. The first-order valence-corrected chi connectivity index (χ1v) is 8.14. The molecule has 0 fully saturated rings. The molecule has 0 aliphatic rings. The van der Waals surface area contributed by atoms with Crippen molar-refractivity contribution < 1.29 is 14.3 Å². The SMILES string of the molecule is COCCOc1c(Cl)cccc1NC(=O)c1cccc2ncccc12. The van der Waals surface area contributed by atoms with Crippen LogP contribution in [0.4, 0.5) is 5.69 Å². The van der Waals surface area contributed by atoms with E-state index in [0.717, 1.165) is 10.9 Å². The van der Waals surface area contributed by atoms with Gasteiger partial charge in [-0.2, -0.15) is 0 Å². The molecule has 0 aliphatic carbocycles. The van der Waals surface area contributed by atoms with Crippen molar-refractivity contribution >= 4 is 34.1 Å². The van der Waals surface area contributed by atoms with Crippen molar-refractivity contribution in [3.63, 3.8) is 0 Å². The van der Waals surface area contributed by atoms with E-state index >= 15 is 0 Å². The number of anilines is 1. The second kappa shape index (κ2) is 7.96. The molecule has 1 amide bonds. The fourth-order valence-corrected chi connectivity index (χ4v) is 2.70. The van der Waals surface area contributed by atoms with Crippen molar-refractivity contribution in [2.24, 2.45) is 0 Å². The summed E-state index contributed by atoms with van der Waals surface area (Å²) >= 11 is 6.21. The van der Waals surface area contributed by atoms with Crippen LogP contribution in [0, 0.1) is 0 Å². The number of halogens is 1. The fourth-order valence-electron chi connectivity index (χ4n) is 2.47. The van der Waals surface area contributed by atoms with Gasteiger partial charge in [-0.3, -0.25) is 9.78 Å². The van der Waals surface area contributed by atoms with Gasteiger partial charge >= 0.3 is 0 Å². The summed E-state index contributed by atoms with van der Waals surface area (Å²) in [5.74, 6) is 0.172. The monoisotopic (exact) mass is 356 g/mol. The number of rotatable bonds is 6. The molecule has 0 bridgehead atoms. The minimum atomic E-state index is -0.252. The average molecular weight is 357 g/mol. The molecule has 6 heteroatoms. The maximum Gasteiger partial charge on any atom is 0.256 e. The Morgan fingerprint density at radius 3 is 2.80 bits per heavy atom. The molecule has 0 radical (unpaired) electrons. The van der Waals surface area contributed by atoms with Crippen LogP contribution in [0.2, 0.25) is 5.02 Å². The van der Waals surface area contributed by atoms with Crippen LogP contribution in [-0.4, -0.2) is 31.2 Å². The van der Waals surface area contributed by atoms with Gasteiger partial charge < -0.3 is 14.8 Å². The third kappa shape index (κ3) is 3.90. The van der Waals surface area contributed by atoms with E-state index in [0.29, 0.717) is 35.2 Å². The Labute approximate surface area is 150 Å². The second-order valence-corrected chi connectivity index (χ2v) is 5.69. The Bertz CT molecular complexity index is 893. The van der Waals surface area contributed by atoms with Gasteiger partial charge in [0.15, 0.2) is 5.75 Å². The molecular formula is C19H17ClN2O3. The summed E-state index contributed by atoms with van der Waals surface area (Å²) in [6.45, 7) is 0.759. The maximum absolute atomic E-state index is 12.8. The zero-order chi connectivity index (χ0) is 17.6. The van der Waals surface area contributed by atoms with E-state index in [1.807, 2.05) is 12.1 Å². The average Bonchev–Trinajstić information content (AvgIpc) is 2.63. The highest BCUT2D eigenvalue weighted by atomic mass is 35.5. The molecule has 0 aliphatic heterocycles. The van der Waals surface area contributed by atoms with Gasteiger partial charge in [-0.15, -0.1) is 0 Å². The minimum absolute atomic E-state index is 0.252. The Hall–Kier alpha value is -2.63. The zero-order valence-corrected chi connectivity index (χ0v) is 14.4. The van der Waals surface area contributed by atoms with E-state index in [1.54, 1.807) is 49.7 Å². The van der Waals surface area contributed by atoms with Crippen LogP contribution in [0.5, 0.6) is 5.75 Å². The summed E-state index contributed by atoms with van der Waals surface area (Å²) in [6.07, 6.45) is 1.70. The third-order valence-corrected chi connectivity index (χ3v) is 3.94. The Balaban J connectivity index is 1.89. The van der Waals surface area contributed by atoms with Crippen molar-refractivity contribution in [2.75, 3.05) is 25.6 Å². The van der Waals surface area contributed by atoms with Crippen LogP contribution in [0.15, 0.2) is 54.7 Å². The molecule has 2 aromatic carbocycles. The van der Waals surface area contributed by atoms with Gasteiger partial charge in [0.25, 0.3) is 5.91 Å². The number of ether oxygens (including phenoxy) is 2. The summed E-state index contributed by atoms with van der Waals surface area (Å²) in [5, 5.41) is 4.08. The second-order valence-electron chi connectivity index (χ2n) is 5.29. The molecule has 0 saturated heterocycles. The normalized spacial score (nSPS) is 10.6. The number of benzene rings is 2. The summed E-state index contributed by atoms with van der Waals surface area (Å²) in [7, 11) is 1.59. The largest absolute Gasteiger partial charge is 0.487 e. The molecule has 5 nitrogen and oxygen atoms in total. The highest BCUT2D eigenvalue weighted by Crippen LogP contribution is 2.33. The predicted molar refractivity (Wildman–Crippen MR) is 98.5 cm³/mol. The first-order valence-electron chi connectivity index (χ1n) is 7.76. The molecule has 1 aromatic heterocycles. The third-order valence-electron chi connectivity index (χ3n) is 3.64. The van der Waals surface area contributed by atoms with Crippen LogP contribution < -0.4 is 10.1 Å². The molecule has 1 N–H and O–H groups in total. The highest BCUT2D eigenvalue weighted by molar-refractivity contribution is 6.32. The molecule has 128 valence electrons. The predicted octanol–water partition coefficient (Wildman–Crippen LogP) is 4.17. The number of nitrogens with one attached hydrogen (secondary N) is 1. The molecular weight excluding hydrogens is 340 g/mol. The maximum atomic E-state index is 12.8. The number of amides is 1. The standard InChI is InChI=1S/C19H17ClN2O3/c1-24-11-12-25-18-15(20)7-3-9-17(18)22-19(23)14-5-2-8-16-13(14)6-4-10-21-16/h2-10H,11-12H2,1H3,(H,22,23). The van der Waals surface area contributed by atoms with Gasteiger partial charge in [-0.25, -0.2) is 0 Å². The Morgan fingerprint density at radius 1 is 1.12 bits per heavy atom. The molecule has 0 unspecified atom stereocenters. The Kier molecular flexibility index (Phi) is 5.48. The number of para-hydroxylation sites is 1. The van der Waals surface area contributed by atoms with Crippen molar-refractivity contribution in [1.29, 1.82) is 0 Å². The number of hydrogen-bond donors (Lipinski definition) is 1. The van der Waals surface area contributed by atoms with Gasteiger partial charge in [0.1, 0.15) is 6.61 Å². The first-order chi connectivity index (χ1) is 12.2. The molecule has 3 rings (SSSR count). The highest BCUT2D eigenvalue weighted by Gasteiger charge is 2.15. The summed E-state index contributed by atoms with van der Waals surface area (Å²) < 4.78 is 10.6. The van der Waals surface area contributed by atoms with Gasteiger partial charge in [-0.1, -0.05) is 29.8 Å². The molecule has 0 atom stereocenters. The number of nitrogens with zero attached hydrogens (tertiary/aromatic N) is 1. The van der Waals surface area contributed by atoms with Crippen molar-refractivity contribution in [1.82, 2.24) is 4.98 Å². The lowest BCUT2D eigenvalue weighted by atomic mass is 10.1. The Morgan fingerprint density at radius 2 is 1.96 bits per heavy atom. The number of carbonyl (C=O) groups excluding carboxylic acids is 1. The zero-order valence-electron chi connectivity index (χ0n) is 13.7. The number of hydrogen-bond acceptors (Lipinski definition) is 4. The first kappa shape index (κ1) is 17.2. The quantitative estimate of drug-likeness (QED) is 0.673. The van der Waals surface area contributed by atoms with Gasteiger partial charge in [0.2, 0.25) is 0 Å². The van der Waals surface area contributed by atoms with Crippen LogP contribution >= 0.6 is 11.6 Å². The topological polar surface area (TPSA) is 60.5 Å². The van der Waals surface area contributed by atoms with Crippen molar-refractivity contribution in [3.8, 4) is 5.75 Å². The van der Waals surface area contributed by atoms with Crippen LogP contribution in [0.1, 0.15) is 10.4 Å². The van der Waals surface area contributed by atoms with E-state index in [-0.39, 0.29) is 5.91 Å². The van der Waals surface area contributed by atoms with Gasteiger partial charge in [0.05, 0.1) is 22.8 Å². The van der Waals surface area contributed by atoms with Gasteiger partial charge in [0, 0.05) is 24.3 Å². The molecule has 1 heterocycles. The summed E-state index contributed by atoms with van der Waals surface area (Å²) in [6, 6.07) is 14.3. The van der Waals surface area contributed by atoms with E-state index < -0.39 is 0 Å². The lowest BCUT2D eigenvalue weighted by molar-refractivity contribution is 0.102. The summed E-state index contributed by atoms with van der Waals surface area (Å²) in [4.78, 5) is 17.0. The molecule has 3 aromatic rings. The fraction of sp³-hybridized carbons (Fsp3) is 0.158. The molecule has 0 saturated carbocycles. The van der Waals surface area contributed by atoms with Crippen molar-refractivity contribution in [3.05, 3.63) is 65.3 Å². The van der Waals surface area contributed by atoms with E-state index in [2.05, 4.69) is 10.3 Å². The number of methoxy groups -OCH3 is 1. The number of fused-ring (bicyclic) bond motifs is 1. The summed E-state index contributed by atoms with van der Waals surface area (Å²) in [5.41, 5.74) is 1.81. The van der Waals surface area contributed by atoms with E-state index in [1.165, 1.54) is 0 Å². The lowest BCUT2D eigenvalue weighted by Crippen LogP contribution is -2.14. The number of aromatic nitrogens is 1. The van der Waals surface area contributed by atoms with Crippen LogP contribution in [-0.2, 0) is 4.74 Å². The smallest absolute Gasteiger partial charge is 0.256 e. The molecule has 0 spiro atoms. The van der Waals surface area contributed by atoms with Crippen molar-refractivity contribution in [2.45, 2.75) is 0 Å². The van der Waals surface area contributed by atoms with Crippen LogP contribution in [0.3, 0.4) is 0 Å². The number of carbonyl (C=O) groups is 1. The lowest BCUT2D eigenvalue weighted by Gasteiger charge is -2.14. The van der Waals surface area contributed by atoms with E-state index in [4.69, 9.17) is 21.1 Å². The molecule has 25 heavy (non-hydrogen) atoms.